The highest BCUT2D eigenvalue weighted by Crippen LogP contribution is 2.20. The lowest BCUT2D eigenvalue weighted by Gasteiger charge is -2.23. The molecule has 2 unspecified atom stereocenters. The van der Waals surface area contributed by atoms with E-state index in [1.807, 2.05) is 6.20 Å². The number of aromatic nitrogens is 2. The molecule has 4 nitrogen and oxygen atoms in total. The average Bonchev–Trinajstić information content (AvgIpc) is 2.90. The molecule has 2 N–H and O–H groups in total. The molecule has 2 atom stereocenters. The molecule has 16 heavy (non-hydrogen) atoms. The Hall–Kier alpha value is -0.870. The number of aryl methyl sites for hydroxylation is 1. The van der Waals surface area contributed by atoms with Crippen molar-refractivity contribution in [1.29, 1.82) is 0 Å². The first-order valence-electron chi connectivity index (χ1n) is 6.23. The zero-order chi connectivity index (χ0) is 11.0. The maximum atomic E-state index is 6.01. The molecule has 0 saturated carbocycles. The van der Waals surface area contributed by atoms with Crippen molar-refractivity contribution in [3.05, 3.63) is 17.7 Å². The monoisotopic (exact) mass is 221 g/mol. The Morgan fingerprint density at radius 1 is 1.50 bits per heavy atom. The molecular formula is C12H19N3O. The summed E-state index contributed by atoms with van der Waals surface area (Å²) in [7, 11) is 0. The van der Waals surface area contributed by atoms with Crippen LogP contribution in [0.3, 0.4) is 0 Å². The summed E-state index contributed by atoms with van der Waals surface area (Å²) in [5.41, 5.74) is 7.35. The molecule has 0 amide bonds. The summed E-state index contributed by atoms with van der Waals surface area (Å²) in [4.78, 5) is 4.52. The van der Waals surface area contributed by atoms with Crippen LogP contribution in [0.15, 0.2) is 6.20 Å². The van der Waals surface area contributed by atoms with Gasteiger partial charge in [-0.2, -0.15) is 0 Å². The van der Waals surface area contributed by atoms with Crippen LogP contribution in [-0.2, 0) is 24.1 Å². The van der Waals surface area contributed by atoms with Crippen LogP contribution in [0.2, 0.25) is 0 Å². The van der Waals surface area contributed by atoms with Crippen LogP contribution in [-0.4, -0.2) is 28.3 Å². The van der Waals surface area contributed by atoms with E-state index in [-0.39, 0.29) is 0 Å². The van der Waals surface area contributed by atoms with Gasteiger partial charge in [0.05, 0.1) is 6.10 Å². The fourth-order valence-corrected chi connectivity index (χ4v) is 2.71. The summed E-state index contributed by atoms with van der Waals surface area (Å²) in [6.45, 7) is 1.84. The topological polar surface area (TPSA) is 53.1 Å². The van der Waals surface area contributed by atoms with E-state index in [1.54, 1.807) is 0 Å². The smallest absolute Gasteiger partial charge is 0.111 e. The molecule has 1 saturated heterocycles. The van der Waals surface area contributed by atoms with Gasteiger partial charge in [-0.05, 0) is 25.7 Å². The molecule has 0 spiro atoms. The second-order valence-corrected chi connectivity index (χ2v) is 4.91. The quantitative estimate of drug-likeness (QED) is 0.806. The Bertz CT molecular complexity index is 368. The molecule has 3 rings (SSSR count). The molecule has 0 aliphatic carbocycles. The highest BCUT2D eigenvalue weighted by Gasteiger charge is 2.22. The van der Waals surface area contributed by atoms with Crippen LogP contribution >= 0.6 is 0 Å². The van der Waals surface area contributed by atoms with Crippen molar-refractivity contribution in [3.8, 4) is 0 Å². The van der Waals surface area contributed by atoms with E-state index >= 15 is 0 Å². The molecule has 4 heteroatoms. The van der Waals surface area contributed by atoms with Crippen molar-refractivity contribution in [3.63, 3.8) is 0 Å². The van der Waals surface area contributed by atoms with Gasteiger partial charge in [-0.25, -0.2) is 4.98 Å². The third-order valence-corrected chi connectivity index (χ3v) is 3.64. The zero-order valence-electron chi connectivity index (χ0n) is 9.56. The Morgan fingerprint density at radius 3 is 3.25 bits per heavy atom. The van der Waals surface area contributed by atoms with Crippen LogP contribution in [0.1, 0.15) is 30.8 Å². The molecule has 2 aliphatic rings. The largest absolute Gasteiger partial charge is 0.378 e. The van der Waals surface area contributed by atoms with Crippen LogP contribution in [0.4, 0.5) is 0 Å². The third kappa shape index (κ3) is 1.87. The number of fused-ring (bicyclic) bond motifs is 1. The first-order chi connectivity index (χ1) is 7.83. The molecule has 1 aromatic heterocycles. The lowest BCUT2D eigenvalue weighted by atomic mass is 10.1. The van der Waals surface area contributed by atoms with E-state index in [2.05, 4.69) is 9.55 Å². The molecule has 1 fully saturated rings. The van der Waals surface area contributed by atoms with Crippen molar-refractivity contribution in [2.45, 2.75) is 50.8 Å². The van der Waals surface area contributed by atoms with Crippen molar-refractivity contribution < 1.29 is 4.74 Å². The Morgan fingerprint density at radius 2 is 2.44 bits per heavy atom. The SMILES string of the molecule is NC1CCc2cnc(CC3CCCO3)n2C1. The molecule has 1 aromatic rings. The van der Waals surface area contributed by atoms with Crippen molar-refractivity contribution >= 4 is 0 Å². The fourth-order valence-electron chi connectivity index (χ4n) is 2.71. The Labute approximate surface area is 95.8 Å². The van der Waals surface area contributed by atoms with Gasteiger partial charge in [-0.15, -0.1) is 0 Å². The number of ether oxygens (including phenoxy) is 1. The maximum Gasteiger partial charge on any atom is 0.111 e. The number of imidazole rings is 1. The summed E-state index contributed by atoms with van der Waals surface area (Å²) < 4.78 is 7.96. The van der Waals surface area contributed by atoms with E-state index in [4.69, 9.17) is 10.5 Å². The molecule has 2 aliphatic heterocycles. The molecule has 3 heterocycles. The number of rotatable bonds is 2. The van der Waals surface area contributed by atoms with Crippen molar-refractivity contribution in [1.82, 2.24) is 9.55 Å². The standard InChI is InChI=1S/C12H19N3O/c13-9-3-4-10-7-14-12(15(10)8-9)6-11-2-1-5-16-11/h7,9,11H,1-6,8,13H2. The van der Waals surface area contributed by atoms with E-state index in [0.29, 0.717) is 12.1 Å². The van der Waals surface area contributed by atoms with Gasteiger partial charge in [0, 0.05) is 37.5 Å². The Balaban J connectivity index is 1.77. The molecule has 0 aromatic carbocycles. The number of hydrogen-bond donors (Lipinski definition) is 1. The second-order valence-electron chi connectivity index (χ2n) is 4.91. The summed E-state index contributed by atoms with van der Waals surface area (Å²) in [6.07, 6.45) is 7.87. The normalized spacial score (nSPS) is 29.3. The van der Waals surface area contributed by atoms with Gasteiger partial charge in [-0.3, -0.25) is 0 Å². The van der Waals surface area contributed by atoms with Crippen molar-refractivity contribution in [2.24, 2.45) is 5.73 Å². The van der Waals surface area contributed by atoms with Crippen LogP contribution in [0.5, 0.6) is 0 Å². The first kappa shape index (κ1) is 10.3. The van der Waals surface area contributed by atoms with Gasteiger partial charge in [-0.1, -0.05) is 0 Å². The minimum atomic E-state index is 0.296. The number of hydrogen-bond acceptors (Lipinski definition) is 3. The van der Waals surface area contributed by atoms with E-state index < -0.39 is 0 Å². The summed E-state index contributed by atoms with van der Waals surface area (Å²) in [6, 6.07) is 0.296. The highest BCUT2D eigenvalue weighted by molar-refractivity contribution is 5.10. The van der Waals surface area contributed by atoms with Crippen LogP contribution in [0.25, 0.3) is 0 Å². The molecule has 88 valence electrons. The molecular weight excluding hydrogens is 202 g/mol. The lowest BCUT2D eigenvalue weighted by Crippen LogP contribution is -2.33. The van der Waals surface area contributed by atoms with E-state index in [1.165, 1.54) is 18.5 Å². The average molecular weight is 221 g/mol. The van der Waals surface area contributed by atoms with E-state index in [0.717, 1.165) is 38.2 Å². The maximum absolute atomic E-state index is 6.01. The van der Waals surface area contributed by atoms with Gasteiger partial charge in [0.25, 0.3) is 0 Å². The summed E-state index contributed by atoms with van der Waals surface area (Å²) in [5, 5.41) is 0. The summed E-state index contributed by atoms with van der Waals surface area (Å²) >= 11 is 0. The van der Waals surface area contributed by atoms with Crippen LogP contribution < -0.4 is 5.73 Å². The van der Waals surface area contributed by atoms with Crippen LogP contribution in [0, 0.1) is 0 Å². The Kier molecular flexibility index (Phi) is 2.69. The highest BCUT2D eigenvalue weighted by atomic mass is 16.5. The molecule has 0 radical (unpaired) electrons. The zero-order valence-corrected chi connectivity index (χ0v) is 9.56. The third-order valence-electron chi connectivity index (χ3n) is 3.64. The lowest BCUT2D eigenvalue weighted by molar-refractivity contribution is 0.109. The van der Waals surface area contributed by atoms with Gasteiger partial charge < -0.3 is 15.0 Å². The fraction of sp³-hybridized carbons (Fsp3) is 0.750. The molecule has 0 bridgehead atoms. The van der Waals surface area contributed by atoms with Crippen molar-refractivity contribution in [2.75, 3.05) is 6.61 Å². The van der Waals surface area contributed by atoms with E-state index in [9.17, 15) is 0 Å². The van der Waals surface area contributed by atoms with Gasteiger partial charge >= 0.3 is 0 Å². The van der Waals surface area contributed by atoms with Gasteiger partial charge in [0.2, 0.25) is 0 Å². The second kappa shape index (κ2) is 4.18. The number of nitrogens with two attached hydrogens (primary N) is 1. The van der Waals surface area contributed by atoms with Gasteiger partial charge in [0.1, 0.15) is 5.82 Å². The predicted octanol–water partition coefficient (Wildman–Crippen LogP) is 0.878. The predicted molar refractivity (Wildman–Crippen MR) is 61.2 cm³/mol. The summed E-state index contributed by atoms with van der Waals surface area (Å²) in [5.74, 6) is 1.16. The van der Waals surface area contributed by atoms with Gasteiger partial charge in [0.15, 0.2) is 0 Å². The first-order valence-corrected chi connectivity index (χ1v) is 6.23. The minimum absolute atomic E-state index is 0.296. The minimum Gasteiger partial charge on any atom is -0.378 e. The number of nitrogens with zero attached hydrogens (tertiary/aromatic N) is 2.